The molecule has 0 aliphatic carbocycles. The lowest BCUT2D eigenvalue weighted by molar-refractivity contribution is 0.00264. The third-order valence-corrected chi connectivity index (χ3v) is 4.02. The first kappa shape index (κ1) is 18.0. The molecule has 1 rings (SSSR count). The number of hydrogen-bond acceptors (Lipinski definition) is 3. The van der Waals surface area contributed by atoms with E-state index in [-0.39, 0.29) is 12.1 Å². The fourth-order valence-electron chi connectivity index (χ4n) is 2.82. The Balaban J connectivity index is 3.30. The highest BCUT2D eigenvalue weighted by Crippen LogP contribution is 2.35. The summed E-state index contributed by atoms with van der Waals surface area (Å²) in [6.07, 6.45) is 0.131. The van der Waals surface area contributed by atoms with Crippen LogP contribution in [-0.4, -0.2) is 26.4 Å². The molecule has 0 heterocycles. The average molecular weight is 293 g/mol. The van der Waals surface area contributed by atoms with Crippen molar-refractivity contribution in [2.45, 2.75) is 53.7 Å². The van der Waals surface area contributed by atoms with Gasteiger partial charge < -0.3 is 14.8 Å². The summed E-state index contributed by atoms with van der Waals surface area (Å²) >= 11 is 0. The maximum atomic E-state index is 6.02. The fourth-order valence-corrected chi connectivity index (χ4v) is 2.82. The van der Waals surface area contributed by atoms with Gasteiger partial charge in [0.05, 0.1) is 19.3 Å². The summed E-state index contributed by atoms with van der Waals surface area (Å²) in [4.78, 5) is 0. The van der Waals surface area contributed by atoms with E-state index in [4.69, 9.17) is 9.47 Å². The molecule has 1 aromatic carbocycles. The summed E-state index contributed by atoms with van der Waals surface area (Å²) in [5.74, 6) is 1.41. The van der Waals surface area contributed by atoms with Gasteiger partial charge in [0, 0.05) is 12.2 Å². The van der Waals surface area contributed by atoms with Gasteiger partial charge in [-0.25, -0.2) is 0 Å². The van der Waals surface area contributed by atoms with Crippen molar-refractivity contribution >= 4 is 0 Å². The van der Waals surface area contributed by atoms with Crippen molar-refractivity contribution in [2.24, 2.45) is 5.92 Å². The van der Waals surface area contributed by atoms with Crippen LogP contribution in [0.15, 0.2) is 12.1 Å². The Kier molecular flexibility index (Phi) is 7.20. The summed E-state index contributed by atoms with van der Waals surface area (Å²) in [7, 11) is 1.75. The summed E-state index contributed by atoms with van der Waals surface area (Å²) in [6.45, 7) is 14.4. The zero-order chi connectivity index (χ0) is 16.0. The Labute approximate surface area is 130 Å². The molecular formula is C18H31NO2. The molecular weight excluding hydrogens is 262 g/mol. The van der Waals surface area contributed by atoms with E-state index in [0.29, 0.717) is 5.92 Å². The molecule has 0 saturated heterocycles. The molecule has 3 nitrogen and oxygen atoms in total. The molecule has 3 heteroatoms. The molecule has 2 unspecified atom stereocenters. The maximum absolute atomic E-state index is 6.02. The van der Waals surface area contributed by atoms with Crippen LogP contribution in [0.25, 0.3) is 0 Å². The summed E-state index contributed by atoms with van der Waals surface area (Å²) in [6, 6.07) is 4.48. The normalized spacial score (nSPS) is 14.3. The molecule has 1 aromatic rings. The maximum Gasteiger partial charge on any atom is 0.126 e. The van der Waals surface area contributed by atoms with Gasteiger partial charge in [0.15, 0.2) is 0 Å². The molecule has 0 saturated carbocycles. The second kappa shape index (κ2) is 8.40. The fraction of sp³-hybridized carbons (Fsp3) is 0.667. The van der Waals surface area contributed by atoms with E-state index in [1.165, 1.54) is 16.7 Å². The van der Waals surface area contributed by atoms with Crippen LogP contribution < -0.4 is 10.1 Å². The van der Waals surface area contributed by atoms with Crippen LogP contribution in [0.1, 0.15) is 50.4 Å². The largest absolute Gasteiger partial charge is 0.496 e. The lowest BCUT2D eigenvalue weighted by Crippen LogP contribution is -2.37. The monoisotopic (exact) mass is 293 g/mol. The van der Waals surface area contributed by atoms with Crippen molar-refractivity contribution < 1.29 is 9.47 Å². The molecule has 0 aromatic heterocycles. The molecule has 21 heavy (non-hydrogen) atoms. The van der Waals surface area contributed by atoms with Crippen LogP contribution in [0.4, 0.5) is 0 Å². The summed E-state index contributed by atoms with van der Waals surface area (Å²) < 4.78 is 11.7. The van der Waals surface area contributed by atoms with Gasteiger partial charge in [0.2, 0.25) is 0 Å². The molecule has 0 aliphatic rings. The van der Waals surface area contributed by atoms with Gasteiger partial charge >= 0.3 is 0 Å². The number of benzene rings is 1. The number of nitrogens with one attached hydrogen (secondary N) is 1. The first-order valence-corrected chi connectivity index (χ1v) is 7.96. The standard InChI is InChI=1S/C18H31NO2/c1-8-19-16(17(12(3)4)21-9-2)15-11-10-13(5)14(6)18(15)20-7/h10-12,16-17,19H,8-9H2,1-7H3. The third kappa shape index (κ3) is 4.21. The minimum Gasteiger partial charge on any atom is -0.496 e. The van der Waals surface area contributed by atoms with E-state index in [1.807, 2.05) is 0 Å². The lowest BCUT2D eigenvalue weighted by atomic mass is 9.90. The second-order valence-corrected chi connectivity index (χ2v) is 5.83. The number of methoxy groups -OCH3 is 1. The van der Waals surface area contributed by atoms with E-state index in [9.17, 15) is 0 Å². The van der Waals surface area contributed by atoms with Crippen LogP contribution in [0.3, 0.4) is 0 Å². The quantitative estimate of drug-likeness (QED) is 0.785. The van der Waals surface area contributed by atoms with E-state index in [2.05, 4.69) is 59.0 Å². The first-order valence-electron chi connectivity index (χ1n) is 7.96. The molecule has 0 fully saturated rings. The zero-order valence-electron chi connectivity index (χ0n) is 14.6. The molecule has 0 radical (unpaired) electrons. The van der Waals surface area contributed by atoms with E-state index in [1.54, 1.807) is 7.11 Å². The lowest BCUT2D eigenvalue weighted by Gasteiger charge is -2.32. The predicted octanol–water partition coefficient (Wildman–Crippen LogP) is 4.02. The van der Waals surface area contributed by atoms with Crippen LogP contribution in [-0.2, 0) is 4.74 Å². The minimum atomic E-state index is 0.131. The Morgan fingerprint density at radius 2 is 1.81 bits per heavy atom. The number of aryl methyl sites for hydroxylation is 1. The van der Waals surface area contributed by atoms with Crippen molar-refractivity contribution in [1.29, 1.82) is 0 Å². The molecule has 0 amide bonds. The van der Waals surface area contributed by atoms with Gasteiger partial charge in [-0.05, 0) is 44.4 Å². The molecule has 120 valence electrons. The van der Waals surface area contributed by atoms with Crippen molar-refractivity contribution in [1.82, 2.24) is 5.32 Å². The zero-order valence-corrected chi connectivity index (χ0v) is 14.6. The molecule has 0 bridgehead atoms. The van der Waals surface area contributed by atoms with Gasteiger partial charge in [-0.3, -0.25) is 0 Å². The second-order valence-electron chi connectivity index (χ2n) is 5.83. The van der Waals surface area contributed by atoms with E-state index in [0.717, 1.165) is 18.9 Å². The molecule has 0 aliphatic heterocycles. The highest BCUT2D eigenvalue weighted by atomic mass is 16.5. The van der Waals surface area contributed by atoms with Crippen LogP contribution >= 0.6 is 0 Å². The van der Waals surface area contributed by atoms with Gasteiger partial charge in [0.25, 0.3) is 0 Å². The predicted molar refractivity (Wildman–Crippen MR) is 89.1 cm³/mol. The van der Waals surface area contributed by atoms with Crippen LogP contribution in [0, 0.1) is 19.8 Å². The van der Waals surface area contributed by atoms with Gasteiger partial charge in [-0.1, -0.05) is 32.9 Å². The van der Waals surface area contributed by atoms with Crippen molar-refractivity contribution in [2.75, 3.05) is 20.3 Å². The van der Waals surface area contributed by atoms with E-state index < -0.39 is 0 Å². The summed E-state index contributed by atoms with van der Waals surface area (Å²) in [5.41, 5.74) is 3.65. The minimum absolute atomic E-state index is 0.131. The Morgan fingerprint density at radius 3 is 2.29 bits per heavy atom. The number of likely N-dealkylation sites (N-methyl/N-ethyl adjacent to an activating group) is 1. The van der Waals surface area contributed by atoms with Crippen LogP contribution in [0.5, 0.6) is 5.75 Å². The first-order chi connectivity index (χ1) is 9.97. The number of rotatable bonds is 8. The summed E-state index contributed by atoms with van der Waals surface area (Å²) in [5, 5.41) is 3.58. The SMILES string of the molecule is CCNC(c1ccc(C)c(C)c1OC)C(OCC)C(C)C. The highest BCUT2D eigenvalue weighted by molar-refractivity contribution is 5.47. The molecule has 0 spiro atoms. The topological polar surface area (TPSA) is 30.5 Å². The van der Waals surface area contributed by atoms with Crippen molar-refractivity contribution in [3.8, 4) is 5.75 Å². The Hall–Kier alpha value is -1.06. The molecule has 2 atom stereocenters. The molecule has 1 N–H and O–H groups in total. The van der Waals surface area contributed by atoms with Crippen molar-refractivity contribution in [3.63, 3.8) is 0 Å². The smallest absolute Gasteiger partial charge is 0.126 e. The van der Waals surface area contributed by atoms with Gasteiger partial charge in [-0.15, -0.1) is 0 Å². The number of ether oxygens (including phenoxy) is 2. The highest BCUT2D eigenvalue weighted by Gasteiger charge is 2.29. The Bertz CT molecular complexity index is 443. The van der Waals surface area contributed by atoms with Crippen molar-refractivity contribution in [3.05, 3.63) is 28.8 Å². The van der Waals surface area contributed by atoms with Gasteiger partial charge in [0.1, 0.15) is 5.75 Å². The number of hydrogen-bond donors (Lipinski definition) is 1. The van der Waals surface area contributed by atoms with E-state index >= 15 is 0 Å². The van der Waals surface area contributed by atoms with Crippen LogP contribution in [0.2, 0.25) is 0 Å². The Morgan fingerprint density at radius 1 is 1.14 bits per heavy atom. The average Bonchev–Trinajstić information content (AvgIpc) is 2.45. The third-order valence-electron chi connectivity index (χ3n) is 4.02. The van der Waals surface area contributed by atoms with Gasteiger partial charge in [-0.2, -0.15) is 0 Å².